The number of aryl methyl sites for hydroxylation is 1. The second-order valence-corrected chi connectivity index (χ2v) is 6.97. The predicted molar refractivity (Wildman–Crippen MR) is 115 cm³/mol. The summed E-state index contributed by atoms with van der Waals surface area (Å²) in [5, 5.41) is 2.94. The van der Waals surface area contributed by atoms with Crippen LogP contribution in [0.5, 0.6) is 28.9 Å². The van der Waals surface area contributed by atoms with Crippen LogP contribution in [-0.4, -0.2) is 24.3 Å². The van der Waals surface area contributed by atoms with Crippen LogP contribution in [0.1, 0.15) is 24.5 Å². The molecule has 2 heterocycles. The normalized spacial score (nSPS) is 11.8. The first-order chi connectivity index (χ1) is 15.2. The van der Waals surface area contributed by atoms with Crippen molar-refractivity contribution >= 4 is 5.91 Å². The summed E-state index contributed by atoms with van der Waals surface area (Å²) in [4.78, 5) is 16.5. The molecule has 1 aromatic heterocycles. The first-order valence-corrected chi connectivity index (χ1v) is 10.2. The molecule has 0 spiro atoms. The first-order valence-electron chi connectivity index (χ1n) is 10.2. The highest BCUT2D eigenvalue weighted by Gasteiger charge is 2.13. The molecular formula is C24H24N2O5. The van der Waals surface area contributed by atoms with Crippen LogP contribution in [0, 0.1) is 0 Å². The van der Waals surface area contributed by atoms with Crippen LogP contribution in [0.25, 0.3) is 0 Å². The second kappa shape index (κ2) is 9.84. The van der Waals surface area contributed by atoms with Crippen molar-refractivity contribution in [2.24, 2.45) is 0 Å². The Labute approximate surface area is 180 Å². The van der Waals surface area contributed by atoms with E-state index in [4.69, 9.17) is 18.9 Å². The van der Waals surface area contributed by atoms with Gasteiger partial charge in [0.25, 0.3) is 0 Å². The lowest BCUT2D eigenvalue weighted by atomic mass is 10.1. The zero-order valence-electron chi connectivity index (χ0n) is 17.3. The lowest BCUT2D eigenvalue weighted by Crippen LogP contribution is -2.23. The average molecular weight is 420 g/mol. The number of ether oxygens (including phenoxy) is 4. The maximum atomic E-state index is 12.3. The smallest absolute Gasteiger partial charge is 0.231 e. The van der Waals surface area contributed by atoms with Gasteiger partial charge < -0.3 is 24.3 Å². The topological polar surface area (TPSA) is 78.9 Å². The van der Waals surface area contributed by atoms with Gasteiger partial charge in [-0.2, -0.15) is 0 Å². The molecule has 3 aromatic rings. The van der Waals surface area contributed by atoms with E-state index in [9.17, 15) is 4.79 Å². The number of benzene rings is 2. The summed E-state index contributed by atoms with van der Waals surface area (Å²) in [5.74, 6) is 3.38. The largest absolute Gasteiger partial charge is 0.494 e. The molecule has 2 aromatic carbocycles. The van der Waals surface area contributed by atoms with Crippen LogP contribution in [0.15, 0.2) is 60.8 Å². The van der Waals surface area contributed by atoms with Gasteiger partial charge in [-0.15, -0.1) is 0 Å². The van der Waals surface area contributed by atoms with Crippen molar-refractivity contribution in [3.05, 3.63) is 71.9 Å². The summed E-state index contributed by atoms with van der Waals surface area (Å²) >= 11 is 0. The molecule has 0 saturated carbocycles. The van der Waals surface area contributed by atoms with Crippen molar-refractivity contribution in [3.8, 4) is 28.9 Å². The number of nitrogens with zero attached hydrogens (tertiary/aromatic N) is 1. The predicted octanol–water partition coefficient (Wildman–Crippen LogP) is 4.25. The van der Waals surface area contributed by atoms with Gasteiger partial charge >= 0.3 is 0 Å². The van der Waals surface area contributed by atoms with E-state index in [0.29, 0.717) is 37.6 Å². The van der Waals surface area contributed by atoms with E-state index in [-0.39, 0.29) is 12.7 Å². The number of nitrogens with one attached hydrogen (secondary N) is 1. The Kier molecular flexibility index (Phi) is 6.52. The number of fused-ring (bicyclic) bond motifs is 1. The Morgan fingerprint density at radius 2 is 1.81 bits per heavy atom. The minimum absolute atomic E-state index is 0.0246. The van der Waals surface area contributed by atoms with Crippen molar-refractivity contribution in [1.82, 2.24) is 10.3 Å². The lowest BCUT2D eigenvalue weighted by molar-refractivity contribution is -0.121. The zero-order chi connectivity index (χ0) is 21.5. The summed E-state index contributed by atoms with van der Waals surface area (Å²) in [7, 11) is 0. The van der Waals surface area contributed by atoms with Gasteiger partial charge in [-0.3, -0.25) is 4.79 Å². The van der Waals surface area contributed by atoms with E-state index in [2.05, 4.69) is 10.3 Å². The summed E-state index contributed by atoms with van der Waals surface area (Å²) in [6, 6.07) is 16.8. The molecule has 0 atom stereocenters. The van der Waals surface area contributed by atoms with Gasteiger partial charge in [-0.1, -0.05) is 6.07 Å². The molecule has 7 nitrogen and oxygen atoms in total. The molecule has 1 aliphatic rings. The molecule has 1 amide bonds. The van der Waals surface area contributed by atoms with Crippen LogP contribution >= 0.6 is 0 Å². The highest BCUT2D eigenvalue weighted by molar-refractivity contribution is 5.76. The van der Waals surface area contributed by atoms with Gasteiger partial charge in [-0.25, -0.2) is 4.98 Å². The van der Waals surface area contributed by atoms with Crippen molar-refractivity contribution in [3.63, 3.8) is 0 Å². The number of pyridine rings is 1. The fraction of sp³-hybridized carbons (Fsp3) is 0.250. The molecule has 0 saturated heterocycles. The molecule has 1 N–H and O–H groups in total. The van der Waals surface area contributed by atoms with E-state index in [1.165, 1.54) is 0 Å². The van der Waals surface area contributed by atoms with Gasteiger partial charge in [0.15, 0.2) is 11.5 Å². The molecular weight excluding hydrogens is 396 g/mol. The van der Waals surface area contributed by atoms with E-state index in [0.717, 1.165) is 28.4 Å². The van der Waals surface area contributed by atoms with Gasteiger partial charge in [0.1, 0.15) is 11.5 Å². The fourth-order valence-electron chi connectivity index (χ4n) is 3.15. The molecule has 0 unspecified atom stereocenters. The molecule has 160 valence electrons. The number of amides is 1. The standard InChI is InChI=1S/C24H24N2O5/c1-2-28-19-5-7-20(8-6-19)31-24-14-18(11-12-25-24)15-26-23(27)10-4-17-3-9-21-22(13-17)30-16-29-21/h3,5-9,11-14H,2,4,10,15-16H2,1H3,(H,26,27). The number of carbonyl (C=O) groups is 1. The Morgan fingerprint density at radius 3 is 2.65 bits per heavy atom. The number of hydrogen-bond acceptors (Lipinski definition) is 6. The average Bonchev–Trinajstić information content (AvgIpc) is 3.26. The molecule has 0 radical (unpaired) electrons. The molecule has 7 heteroatoms. The SMILES string of the molecule is CCOc1ccc(Oc2cc(CNC(=O)CCc3ccc4c(c3)OCO4)ccn2)cc1. The minimum Gasteiger partial charge on any atom is -0.494 e. The molecule has 4 rings (SSSR count). The number of carbonyl (C=O) groups excluding carboxylic acids is 1. The molecule has 1 aliphatic heterocycles. The number of aromatic nitrogens is 1. The van der Waals surface area contributed by atoms with Crippen LogP contribution < -0.4 is 24.3 Å². The van der Waals surface area contributed by atoms with Gasteiger partial charge in [0.05, 0.1) is 6.61 Å². The third-order valence-electron chi connectivity index (χ3n) is 4.72. The highest BCUT2D eigenvalue weighted by Crippen LogP contribution is 2.32. The van der Waals surface area contributed by atoms with E-state index in [1.54, 1.807) is 6.20 Å². The lowest BCUT2D eigenvalue weighted by Gasteiger charge is -2.09. The van der Waals surface area contributed by atoms with Gasteiger partial charge in [0, 0.05) is 25.2 Å². The fourth-order valence-corrected chi connectivity index (χ4v) is 3.15. The van der Waals surface area contributed by atoms with E-state index in [1.807, 2.05) is 61.5 Å². The van der Waals surface area contributed by atoms with Crippen LogP contribution in [0.2, 0.25) is 0 Å². The first kappa shape index (κ1) is 20.5. The van der Waals surface area contributed by atoms with Gasteiger partial charge in [0.2, 0.25) is 18.6 Å². The quantitative estimate of drug-likeness (QED) is 0.558. The van der Waals surface area contributed by atoms with Crippen LogP contribution in [0.4, 0.5) is 0 Å². The minimum atomic E-state index is -0.0246. The summed E-state index contributed by atoms with van der Waals surface area (Å²) in [5.41, 5.74) is 1.95. The highest BCUT2D eigenvalue weighted by atomic mass is 16.7. The monoisotopic (exact) mass is 420 g/mol. The summed E-state index contributed by atoms with van der Waals surface area (Å²) in [6.45, 7) is 3.21. The Morgan fingerprint density at radius 1 is 1.00 bits per heavy atom. The van der Waals surface area contributed by atoms with Crippen molar-refractivity contribution in [2.45, 2.75) is 26.3 Å². The maximum Gasteiger partial charge on any atom is 0.231 e. The van der Waals surface area contributed by atoms with Crippen molar-refractivity contribution < 1.29 is 23.7 Å². The number of rotatable bonds is 9. The molecule has 0 bridgehead atoms. The summed E-state index contributed by atoms with van der Waals surface area (Å²) < 4.78 is 21.9. The van der Waals surface area contributed by atoms with Crippen molar-refractivity contribution in [1.29, 1.82) is 0 Å². The Balaban J connectivity index is 1.26. The molecule has 31 heavy (non-hydrogen) atoms. The zero-order valence-corrected chi connectivity index (χ0v) is 17.3. The Hall–Kier alpha value is -3.74. The van der Waals surface area contributed by atoms with Crippen molar-refractivity contribution in [2.75, 3.05) is 13.4 Å². The second-order valence-electron chi connectivity index (χ2n) is 6.97. The molecule has 0 aliphatic carbocycles. The third-order valence-corrected chi connectivity index (χ3v) is 4.72. The van der Waals surface area contributed by atoms with Gasteiger partial charge in [-0.05, 0) is 66.9 Å². The van der Waals surface area contributed by atoms with E-state index >= 15 is 0 Å². The maximum absolute atomic E-state index is 12.3. The van der Waals surface area contributed by atoms with Crippen LogP contribution in [0.3, 0.4) is 0 Å². The van der Waals surface area contributed by atoms with E-state index < -0.39 is 0 Å². The summed E-state index contributed by atoms with van der Waals surface area (Å²) in [6.07, 6.45) is 2.68. The molecule has 0 fully saturated rings. The van der Waals surface area contributed by atoms with Crippen LogP contribution in [-0.2, 0) is 17.8 Å². The third kappa shape index (κ3) is 5.66. The Bertz CT molecular complexity index is 1040. The number of hydrogen-bond donors (Lipinski definition) is 1.